The van der Waals surface area contributed by atoms with Crippen molar-refractivity contribution in [3.63, 3.8) is 0 Å². The zero-order valence-corrected chi connectivity index (χ0v) is 19.9. The van der Waals surface area contributed by atoms with Gasteiger partial charge in [0.25, 0.3) is 11.8 Å². The van der Waals surface area contributed by atoms with Gasteiger partial charge in [0, 0.05) is 39.0 Å². The van der Waals surface area contributed by atoms with Gasteiger partial charge in [0.05, 0.1) is 24.3 Å². The third kappa shape index (κ3) is 6.03. The first-order valence-electron chi connectivity index (χ1n) is 11.1. The second-order valence-electron chi connectivity index (χ2n) is 8.42. The first-order chi connectivity index (χ1) is 15.8. The summed E-state index contributed by atoms with van der Waals surface area (Å²) < 4.78 is 16.9. The van der Waals surface area contributed by atoms with E-state index in [9.17, 15) is 9.59 Å². The number of hydrogen-bond donors (Lipinski definition) is 2. The van der Waals surface area contributed by atoms with Crippen molar-refractivity contribution in [3.8, 4) is 11.5 Å². The first-order valence-corrected chi connectivity index (χ1v) is 11.1. The average molecular weight is 456 g/mol. The molecule has 8 heteroatoms. The molecule has 1 heterocycles. The van der Waals surface area contributed by atoms with E-state index in [1.807, 2.05) is 6.92 Å². The molecule has 1 aliphatic heterocycles. The molecule has 8 nitrogen and oxygen atoms in total. The van der Waals surface area contributed by atoms with E-state index >= 15 is 0 Å². The zero-order valence-electron chi connectivity index (χ0n) is 19.9. The number of nitrogens with one attached hydrogen (secondary N) is 2. The summed E-state index contributed by atoms with van der Waals surface area (Å²) in [4.78, 5) is 27.8. The van der Waals surface area contributed by atoms with Gasteiger partial charge in [-0.05, 0) is 43.2 Å². The fourth-order valence-corrected chi connectivity index (χ4v) is 3.77. The Hall–Kier alpha value is -3.10. The van der Waals surface area contributed by atoms with E-state index < -0.39 is 0 Å². The molecule has 0 spiro atoms. The molecule has 0 radical (unpaired) electrons. The number of amides is 2. The van der Waals surface area contributed by atoms with Crippen molar-refractivity contribution < 1.29 is 23.8 Å². The molecule has 0 bridgehead atoms. The SMILES string of the molecule is COc1ccccc1C(=O)Nc1ccc2c(c1)C(=O)N(C)C[C@H](OC)[C@H](C)CN[C@H](C)CO2. The number of benzene rings is 2. The molecular weight excluding hydrogens is 422 g/mol. The number of nitrogens with zero attached hydrogens (tertiary/aromatic N) is 1. The van der Waals surface area contributed by atoms with Gasteiger partial charge in [-0.25, -0.2) is 0 Å². The predicted octanol–water partition coefficient (Wildman–Crippen LogP) is 3.04. The van der Waals surface area contributed by atoms with Crippen LogP contribution < -0.4 is 20.1 Å². The van der Waals surface area contributed by atoms with Crippen molar-refractivity contribution in [2.24, 2.45) is 5.92 Å². The Bertz CT molecular complexity index is 980. The third-order valence-electron chi connectivity index (χ3n) is 5.83. The Labute approximate surface area is 195 Å². The highest BCUT2D eigenvalue weighted by atomic mass is 16.5. The Kier molecular flexibility index (Phi) is 8.30. The molecule has 0 fully saturated rings. The molecular formula is C25H33N3O5. The molecule has 2 amide bonds. The maximum Gasteiger partial charge on any atom is 0.259 e. The van der Waals surface area contributed by atoms with Crippen LogP contribution in [-0.4, -0.2) is 69.8 Å². The van der Waals surface area contributed by atoms with E-state index in [1.165, 1.54) is 7.11 Å². The summed E-state index contributed by atoms with van der Waals surface area (Å²) in [6.07, 6.45) is -0.115. The lowest BCUT2D eigenvalue weighted by Gasteiger charge is -2.30. The predicted molar refractivity (Wildman–Crippen MR) is 127 cm³/mol. The Morgan fingerprint density at radius 3 is 2.67 bits per heavy atom. The summed E-state index contributed by atoms with van der Waals surface area (Å²) in [5.74, 6) is 0.625. The van der Waals surface area contributed by atoms with Gasteiger partial charge in [-0.3, -0.25) is 9.59 Å². The van der Waals surface area contributed by atoms with E-state index in [0.29, 0.717) is 41.5 Å². The maximum absolute atomic E-state index is 13.4. The third-order valence-corrected chi connectivity index (χ3v) is 5.83. The fourth-order valence-electron chi connectivity index (χ4n) is 3.77. The second kappa shape index (κ2) is 11.2. The van der Waals surface area contributed by atoms with Crippen LogP contribution in [0.1, 0.15) is 34.6 Å². The number of para-hydroxylation sites is 1. The molecule has 178 valence electrons. The van der Waals surface area contributed by atoms with E-state index in [2.05, 4.69) is 17.6 Å². The van der Waals surface area contributed by atoms with Crippen LogP contribution in [0.4, 0.5) is 5.69 Å². The van der Waals surface area contributed by atoms with Crippen LogP contribution in [0.5, 0.6) is 11.5 Å². The van der Waals surface area contributed by atoms with Crippen molar-refractivity contribution in [1.82, 2.24) is 10.2 Å². The van der Waals surface area contributed by atoms with Gasteiger partial charge in [0.1, 0.15) is 18.1 Å². The number of methoxy groups -OCH3 is 2. The van der Waals surface area contributed by atoms with Crippen molar-refractivity contribution >= 4 is 17.5 Å². The number of rotatable bonds is 4. The van der Waals surface area contributed by atoms with Crippen LogP contribution in [0.15, 0.2) is 42.5 Å². The molecule has 0 unspecified atom stereocenters. The largest absolute Gasteiger partial charge is 0.496 e. The summed E-state index contributed by atoms with van der Waals surface area (Å²) >= 11 is 0. The lowest BCUT2D eigenvalue weighted by atomic mass is 10.0. The van der Waals surface area contributed by atoms with Crippen molar-refractivity contribution in [2.45, 2.75) is 26.0 Å². The molecule has 2 N–H and O–H groups in total. The lowest BCUT2D eigenvalue weighted by Crippen LogP contribution is -2.44. The highest BCUT2D eigenvalue weighted by Gasteiger charge is 2.26. The van der Waals surface area contributed by atoms with E-state index in [-0.39, 0.29) is 29.9 Å². The van der Waals surface area contributed by atoms with Gasteiger partial charge in [-0.15, -0.1) is 0 Å². The van der Waals surface area contributed by atoms with Crippen LogP contribution >= 0.6 is 0 Å². The summed E-state index contributed by atoms with van der Waals surface area (Å²) in [6, 6.07) is 12.2. The summed E-state index contributed by atoms with van der Waals surface area (Å²) in [5, 5.41) is 6.32. The highest BCUT2D eigenvalue weighted by Crippen LogP contribution is 2.27. The quantitative estimate of drug-likeness (QED) is 0.737. The minimum atomic E-state index is -0.326. The Balaban J connectivity index is 1.90. The van der Waals surface area contributed by atoms with Crippen molar-refractivity contribution in [3.05, 3.63) is 53.6 Å². The molecule has 0 aliphatic carbocycles. The topological polar surface area (TPSA) is 89.1 Å². The molecule has 3 rings (SSSR count). The smallest absolute Gasteiger partial charge is 0.259 e. The maximum atomic E-state index is 13.4. The summed E-state index contributed by atoms with van der Waals surface area (Å²) in [6.45, 7) is 5.73. The zero-order chi connectivity index (χ0) is 24.0. The van der Waals surface area contributed by atoms with Gasteiger partial charge >= 0.3 is 0 Å². The van der Waals surface area contributed by atoms with Gasteiger partial charge < -0.3 is 29.7 Å². The highest BCUT2D eigenvalue weighted by molar-refractivity contribution is 6.07. The number of carbonyl (C=O) groups is 2. The number of anilines is 1. The van der Waals surface area contributed by atoms with Crippen molar-refractivity contribution in [2.75, 3.05) is 46.3 Å². The molecule has 2 aromatic rings. The van der Waals surface area contributed by atoms with Gasteiger partial charge in [-0.2, -0.15) is 0 Å². The monoisotopic (exact) mass is 455 g/mol. The number of ether oxygens (including phenoxy) is 3. The molecule has 0 saturated heterocycles. The molecule has 0 aromatic heterocycles. The summed E-state index contributed by atoms with van der Waals surface area (Å²) in [5.41, 5.74) is 1.28. The number of hydrogen-bond acceptors (Lipinski definition) is 6. The van der Waals surface area contributed by atoms with Crippen LogP contribution in [0.25, 0.3) is 0 Å². The molecule has 0 saturated carbocycles. The first kappa shape index (κ1) is 24.5. The van der Waals surface area contributed by atoms with Gasteiger partial charge in [0.2, 0.25) is 0 Å². The number of fused-ring (bicyclic) bond motifs is 1. The molecule has 1 aliphatic rings. The molecule has 33 heavy (non-hydrogen) atoms. The molecule has 2 aromatic carbocycles. The molecule has 3 atom stereocenters. The normalized spacial score (nSPS) is 21.8. The van der Waals surface area contributed by atoms with Crippen LogP contribution in [0.3, 0.4) is 0 Å². The van der Waals surface area contributed by atoms with Gasteiger partial charge in [-0.1, -0.05) is 19.1 Å². The standard InChI is InChI=1S/C25H33N3O5/c1-16-13-26-17(2)15-33-22-11-10-18(12-20(22)25(30)28(3)14-23(16)32-5)27-24(29)19-8-6-7-9-21(19)31-4/h6-12,16-17,23,26H,13-15H2,1-5H3,(H,27,29)/t16-,17-,23+/m1/s1. The van der Waals surface area contributed by atoms with Crippen molar-refractivity contribution in [1.29, 1.82) is 0 Å². The van der Waals surface area contributed by atoms with Gasteiger partial charge in [0.15, 0.2) is 0 Å². The minimum absolute atomic E-state index is 0.0926. The van der Waals surface area contributed by atoms with E-state index in [0.717, 1.165) is 6.54 Å². The van der Waals surface area contributed by atoms with E-state index in [1.54, 1.807) is 61.5 Å². The fraction of sp³-hybridized carbons (Fsp3) is 0.440. The average Bonchev–Trinajstić information content (AvgIpc) is 2.83. The second-order valence-corrected chi connectivity index (χ2v) is 8.42. The van der Waals surface area contributed by atoms with Crippen LogP contribution in [-0.2, 0) is 4.74 Å². The number of carbonyl (C=O) groups excluding carboxylic acids is 2. The Morgan fingerprint density at radius 2 is 1.94 bits per heavy atom. The lowest BCUT2D eigenvalue weighted by molar-refractivity contribution is 0.0281. The Morgan fingerprint density at radius 1 is 1.18 bits per heavy atom. The summed E-state index contributed by atoms with van der Waals surface area (Å²) in [7, 11) is 4.92. The minimum Gasteiger partial charge on any atom is -0.496 e. The van der Waals surface area contributed by atoms with Crippen LogP contribution in [0.2, 0.25) is 0 Å². The number of likely N-dealkylation sites (N-methyl/N-ethyl adjacent to an activating group) is 1. The van der Waals surface area contributed by atoms with E-state index in [4.69, 9.17) is 14.2 Å². The van der Waals surface area contributed by atoms with Crippen LogP contribution in [0, 0.1) is 5.92 Å².